The van der Waals surface area contributed by atoms with Gasteiger partial charge in [0.15, 0.2) is 5.78 Å². The molecule has 2 amide bonds. The van der Waals surface area contributed by atoms with Crippen LogP contribution in [0.1, 0.15) is 39.5 Å². The Hall–Kier alpha value is -1.92. The number of esters is 1. The molecule has 0 radical (unpaired) electrons. The van der Waals surface area contributed by atoms with Gasteiger partial charge in [0.1, 0.15) is 0 Å². The zero-order valence-corrected chi connectivity index (χ0v) is 12.1. The summed E-state index contributed by atoms with van der Waals surface area (Å²) >= 11 is 0. The van der Waals surface area contributed by atoms with Crippen LogP contribution in [0.5, 0.6) is 0 Å². The van der Waals surface area contributed by atoms with Gasteiger partial charge in [0, 0.05) is 12.8 Å². The lowest BCUT2D eigenvalue weighted by Crippen LogP contribution is -2.44. The lowest BCUT2D eigenvalue weighted by molar-refractivity contribution is -0.146. The van der Waals surface area contributed by atoms with Crippen molar-refractivity contribution in [3.8, 4) is 0 Å². The monoisotopic (exact) mass is 286 g/mol. The SMILES string of the molecule is CCCC(=O)N[C@H](CC(N)=O)C(=O)C[C@@H](C)C(=O)OC. The Morgan fingerprint density at radius 1 is 1.20 bits per heavy atom. The Morgan fingerprint density at radius 2 is 1.80 bits per heavy atom. The fraction of sp³-hybridized carbons (Fsp3) is 0.692. The van der Waals surface area contributed by atoms with E-state index in [1.165, 1.54) is 7.11 Å². The third-order valence-electron chi connectivity index (χ3n) is 2.72. The number of ether oxygens (including phenoxy) is 1. The molecular weight excluding hydrogens is 264 g/mol. The minimum absolute atomic E-state index is 0.114. The molecule has 3 N–H and O–H groups in total. The maximum Gasteiger partial charge on any atom is 0.308 e. The minimum atomic E-state index is -0.987. The Bertz CT molecular complexity index is 381. The van der Waals surface area contributed by atoms with Crippen molar-refractivity contribution >= 4 is 23.6 Å². The summed E-state index contributed by atoms with van der Waals surface area (Å²) in [5.41, 5.74) is 5.06. The van der Waals surface area contributed by atoms with Crippen molar-refractivity contribution in [2.75, 3.05) is 7.11 Å². The Labute approximate surface area is 118 Å². The molecule has 0 aliphatic carbocycles. The molecule has 0 aromatic heterocycles. The predicted molar refractivity (Wildman–Crippen MR) is 71.5 cm³/mol. The van der Waals surface area contributed by atoms with E-state index in [4.69, 9.17) is 5.73 Å². The van der Waals surface area contributed by atoms with Crippen LogP contribution in [0, 0.1) is 5.92 Å². The number of rotatable bonds is 9. The first-order valence-electron chi connectivity index (χ1n) is 6.50. The number of primary amides is 1. The average Bonchev–Trinajstić information content (AvgIpc) is 2.36. The highest BCUT2D eigenvalue weighted by molar-refractivity contribution is 5.94. The fourth-order valence-electron chi connectivity index (χ4n) is 1.67. The zero-order chi connectivity index (χ0) is 15.7. The molecule has 0 rings (SSSR count). The number of hydrogen-bond acceptors (Lipinski definition) is 5. The molecule has 0 bridgehead atoms. The van der Waals surface area contributed by atoms with Crippen LogP contribution in [0.4, 0.5) is 0 Å². The third-order valence-corrected chi connectivity index (χ3v) is 2.72. The molecule has 0 saturated heterocycles. The first-order valence-corrected chi connectivity index (χ1v) is 6.50. The molecule has 7 nitrogen and oxygen atoms in total. The molecule has 0 spiro atoms. The molecule has 20 heavy (non-hydrogen) atoms. The molecule has 7 heteroatoms. The maximum absolute atomic E-state index is 12.0. The number of Topliss-reactive ketones (excluding diaryl/α,β-unsaturated/α-hetero) is 1. The van der Waals surface area contributed by atoms with Gasteiger partial charge >= 0.3 is 5.97 Å². The van der Waals surface area contributed by atoms with Gasteiger partial charge in [-0.15, -0.1) is 0 Å². The molecule has 0 aliphatic rings. The van der Waals surface area contributed by atoms with Gasteiger partial charge in [-0.2, -0.15) is 0 Å². The molecule has 2 atom stereocenters. The summed E-state index contributed by atoms with van der Waals surface area (Å²) in [5.74, 6) is -2.57. The quantitative estimate of drug-likeness (QED) is 0.575. The van der Waals surface area contributed by atoms with Crippen molar-refractivity contribution in [2.24, 2.45) is 11.7 Å². The second-order valence-electron chi connectivity index (χ2n) is 4.64. The summed E-state index contributed by atoms with van der Waals surface area (Å²) in [5, 5.41) is 2.47. The van der Waals surface area contributed by atoms with Crippen LogP contribution in [-0.4, -0.2) is 36.7 Å². The summed E-state index contributed by atoms with van der Waals surface area (Å²) in [6, 6.07) is -0.987. The van der Waals surface area contributed by atoms with E-state index in [0.717, 1.165) is 0 Å². The van der Waals surface area contributed by atoms with Crippen LogP contribution in [0.2, 0.25) is 0 Å². The van der Waals surface area contributed by atoms with E-state index < -0.39 is 29.6 Å². The highest BCUT2D eigenvalue weighted by atomic mass is 16.5. The Balaban J connectivity index is 4.67. The van der Waals surface area contributed by atoms with Gasteiger partial charge in [-0.1, -0.05) is 13.8 Å². The van der Waals surface area contributed by atoms with Crippen molar-refractivity contribution < 1.29 is 23.9 Å². The molecule has 0 fully saturated rings. The predicted octanol–water partition coefficient (Wildman–Crippen LogP) is -0.0850. The highest BCUT2D eigenvalue weighted by Crippen LogP contribution is 2.09. The largest absolute Gasteiger partial charge is 0.469 e. The number of carbonyl (C=O) groups excluding carboxylic acids is 4. The van der Waals surface area contributed by atoms with E-state index in [0.29, 0.717) is 6.42 Å². The van der Waals surface area contributed by atoms with Crippen molar-refractivity contribution in [1.29, 1.82) is 0 Å². The second-order valence-corrected chi connectivity index (χ2v) is 4.64. The van der Waals surface area contributed by atoms with Gasteiger partial charge in [-0.3, -0.25) is 19.2 Å². The van der Waals surface area contributed by atoms with E-state index in [9.17, 15) is 19.2 Å². The molecule has 0 unspecified atom stereocenters. The van der Waals surface area contributed by atoms with Crippen LogP contribution in [-0.2, 0) is 23.9 Å². The summed E-state index contributed by atoms with van der Waals surface area (Å²) < 4.78 is 4.52. The third kappa shape index (κ3) is 6.86. The van der Waals surface area contributed by atoms with E-state index in [2.05, 4.69) is 10.1 Å². The average molecular weight is 286 g/mol. The molecule has 0 aliphatic heterocycles. The van der Waals surface area contributed by atoms with E-state index in [1.54, 1.807) is 6.92 Å². The number of ketones is 1. The fourth-order valence-corrected chi connectivity index (χ4v) is 1.67. The molecule has 0 aromatic carbocycles. The van der Waals surface area contributed by atoms with Crippen molar-refractivity contribution in [1.82, 2.24) is 5.32 Å². The zero-order valence-electron chi connectivity index (χ0n) is 12.1. The van der Waals surface area contributed by atoms with Crippen LogP contribution in [0.25, 0.3) is 0 Å². The van der Waals surface area contributed by atoms with Gasteiger partial charge in [0.25, 0.3) is 0 Å². The summed E-state index contributed by atoms with van der Waals surface area (Å²) in [4.78, 5) is 45.7. The number of nitrogens with two attached hydrogens (primary N) is 1. The molecule has 0 aromatic rings. The molecule has 0 heterocycles. The first-order chi connectivity index (χ1) is 9.31. The van der Waals surface area contributed by atoms with Crippen LogP contribution in [0.3, 0.4) is 0 Å². The van der Waals surface area contributed by atoms with E-state index >= 15 is 0 Å². The van der Waals surface area contributed by atoms with E-state index in [1.807, 2.05) is 6.92 Å². The van der Waals surface area contributed by atoms with Crippen LogP contribution >= 0.6 is 0 Å². The molecule has 114 valence electrons. The first kappa shape index (κ1) is 18.1. The second kappa shape index (κ2) is 9.06. The smallest absolute Gasteiger partial charge is 0.308 e. The number of carbonyl (C=O) groups is 4. The van der Waals surface area contributed by atoms with Crippen LogP contribution < -0.4 is 11.1 Å². The van der Waals surface area contributed by atoms with Crippen molar-refractivity contribution in [2.45, 2.75) is 45.6 Å². The van der Waals surface area contributed by atoms with E-state index in [-0.39, 0.29) is 25.2 Å². The van der Waals surface area contributed by atoms with Crippen molar-refractivity contribution in [3.63, 3.8) is 0 Å². The number of hydrogen-bond donors (Lipinski definition) is 2. The lowest BCUT2D eigenvalue weighted by atomic mass is 9.98. The van der Waals surface area contributed by atoms with Gasteiger partial charge < -0.3 is 15.8 Å². The summed E-state index contributed by atoms with van der Waals surface area (Å²) in [6.45, 7) is 3.36. The highest BCUT2D eigenvalue weighted by Gasteiger charge is 2.26. The minimum Gasteiger partial charge on any atom is -0.469 e. The van der Waals surface area contributed by atoms with Crippen LogP contribution in [0.15, 0.2) is 0 Å². The summed E-state index contributed by atoms with van der Waals surface area (Å²) in [6.07, 6.45) is 0.496. The maximum atomic E-state index is 12.0. The Morgan fingerprint density at radius 3 is 2.25 bits per heavy atom. The Kier molecular flexibility index (Phi) is 8.19. The molecular formula is C13H22N2O5. The van der Waals surface area contributed by atoms with Gasteiger partial charge in [0.05, 0.1) is 25.5 Å². The van der Waals surface area contributed by atoms with Crippen molar-refractivity contribution in [3.05, 3.63) is 0 Å². The topological polar surface area (TPSA) is 116 Å². The number of methoxy groups -OCH3 is 1. The molecule has 0 saturated carbocycles. The standard InChI is InChI=1S/C13H22N2O5/c1-4-5-12(18)15-9(7-11(14)17)10(16)6-8(2)13(19)20-3/h8-9H,4-7H2,1-3H3,(H2,14,17)(H,15,18)/t8-,9-/m1/s1. The number of amides is 2. The van der Waals surface area contributed by atoms with Gasteiger partial charge in [-0.05, 0) is 6.42 Å². The lowest BCUT2D eigenvalue weighted by Gasteiger charge is -2.17. The van der Waals surface area contributed by atoms with Gasteiger partial charge in [0.2, 0.25) is 11.8 Å². The normalized spacial score (nSPS) is 13.2. The summed E-state index contributed by atoms with van der Waals surface area (Å²) in [7, 11) is 1.23. The number of nitrogens with one attached hydrogen (secondary N) is 1. The van der Waals surface area contributed by atoms with Gasteiger partial charge in [-0.25, -0.2) is 0 Å².